The van der Waals surface area contributed by atoms with E-state index in [1.54, 1.807) is 0 Å². The fraction of sp³-hybridized carbons (Fsp3) is 0.350. The molecule has 0 spiro atoms. The molecule has 0 aliphatic heterocycles. The van der Waals surface area contributed by atoms with Gasteiger partial charge in [-0.3, -0.25) is 4.79 Å². The van der Waals surface area contributed by atoms with Crippen LogP contribution < -0.4 is 11.1 Å². The molecule has 0 fully saturated rings. The highest BCUT2D eigenvalue weighted by molar-refractivity contribution is 5.85. The number of halogens is 1. The van der Waals surface area contributed by atoms with Crippen LogP contribution in [0.15, 0.2) is 60.7 Å². The Hall–Kier alpha value is -1.84. The van der Waals surface area contributed by atoms with E-state index < -0.39 is 6.04 Å². The quantitative estimate of drug-likeness (QED) is 0.866. The number of carbonyl (C=O) groups is 1. The third-order valence-electron chi connectivity index (χ3n) is 4.10. The van der Waals surface area contributed by atoms with E-state index in [1.807, 2.05) is 57.2 Å². The molecule has 4 heteroatoms. The fourth-order valence-corrected chi connectivity index (χ4v) is 2.50. The number of carbonyl (C=O) groups excluding carboxylic acids is 1. The molecule has 0 bridgehead atoms. The summed E-state index contributed by atoms with van der Waals surface area (Å²) in [7, 11) is 0. The Morgan fingerprint density at radius 1 is 0.958 bits per heavy atom. The van der Waals surface area contributed by atoms with Crippen LogP contribution in [0.4, 0.5) is 0 Å². The fourth-order valence-electron chi connectivity index (χ4n) is 2.50. The topological polar surface area (TPSA) is 55.1 Å². The van der Waals surface area contributed by atoms with Gasteiger partial charge >= 0.3 is 0 Å². The van der Waals surface area contributed by atoms with E-state index in [0.717, 1.165) is 0 Å². The van der Waals surface area contributed by atoms with Crippen LogP contribution in [-0.4, -0.2) is 18.5 Å². The van der Waals surface area contributed by atoms with Gasteiger partial charge < -0.3 is 11.1 Å². The molecule has 130 valence electrons. The zero-order chi connectivity index (χ0) is 16.9. The molecule has 0 heterocycles. The van der Waals surface area contributed by atoms with Gasteiger partial charge in [-0.15, -0.1) is 12.4 Å². The van der Waals surface area contributed by atoms with E-state index in [2.05, 4.69) is 29.6 Å². The Balaban J connectivity index is 0.00000288. The van der Waals surface area contributed by atoms with Gasteiger partial charge in [-0.1, -0.05) is 81.4 Å². The van der Waals surface area contributed by atoms with Gasteiger partial charge in [0.05, 0.1) is 6.04 Å². The molecule has 2 aromatic rings. The summed E-state index contributed by atoms with van der Waals surface area (Å²) < 4.78 is 0. The average Bonchev–Trinajstić information content (AvgIpc) is 2.55. The summed E-state index contributed by atoms with van der Waals surface area (Å²) in [5.74, 6) is 0.0166. The Labute approximate surface area is 151 Å². The lowest BCUT2D eigenvalue weighted by atomic mass is 9.86. The van der Waals surface area contributed by atoms with E-state index in [4.69, 9.17) is 5.73 Å². The molecule has 0 unspecified atom stereocenters. The molecule has 3 N–H and O–H groups in total. The van der Waals surface area contributed by atoms with Crippen molar-refractivity contribution >= 4 is 18.3 Å². The van der Waals surface area contributed by atoms with Gasteiger partial charge in [0.2, 0.25) is 5.91 Å². The van der Waals surface area contributed by atoms with Crippen LogP contribution in [0.1, 0.15) is 37.8 Å². The normalized spacial score (nSPS) is 12.4. The summed E-state index contributed by atoms with van der Waals surface area (Å²) in [6.45, 7) is 6.46. The van der Waals surface area contributed by atoms with Gasteiger partial charge in [-0.2, -0.15) is 0 Å². The molecule has 3 nitrogen and oxygen atoms in total. The maximum atomic E-state index is 12.3. The molecule has 2 aromatic carbocycles. The highest BCUT2D eigenvalue weighted by Crippen LogP contribution is 2.24. The predicted octanol–water partition coefficient (Wildman–Crippen LogP) is 3.73. The van der Waals surface area contributed by atoms with Crippen molar-refractivity contribution in [1.29, 1.82) is 0 Å². The molecule has 0 saturated heterocycles. The summed E-state index contributed by atoms with van der Waals surface area (Å²) in [5.41, 5.74) is 8.16. The van der Waals surface area contributed by atoms with Crippen LogP contribution in [0, 0.1) is 5.41 Å². The van der Waals surface area contributed by atoms with Gasteiger partial charge in [0.25, 0.3) is 0 Å². The second kappa shape index (κ2) is 8.86. The van der Waals surface area contributed by atoms with Crippen LogP contribution >= 0.6 is 12.4 Å². The van der Waals surface area contributed by atoms with Crippen molar-refractivity contribution in [1.82, 2.24) is 5.32 Å². The third kappa shape index (κ3) is 5.36. The highest BCUT2D eigenvalue weighted by atomic mass is 35.5. The van der Waals surface area contributed by atoms with Gasteiger partial charge in [-0.05, 0) is 16.5 Å². The molecule has 1 amide bonds. The van der Waals surface area contributed by atoms with Gasteiger partial charge in [0.1, 0.15) is 0 Å². The van der Waals surface area contributed by atoms with Crippen molar-refractivity contribution < 1.29 is 4.79 Å². The first-order chi connectivity index (χ1) is 10.9. The van der Waals surface area contributed by atoms with Gasteiger partial charge in [0, 0.05) is 12.5 Å². The lowest BCUT2D eigenvalue weighted by Gasteiger charge is -2.27. The van der Waals surface area contributed by atoms with Crippen molar-refractivity contribution in [3.8, 4) is 0 Å². The van der Waals surface area contributed by atoms with Crippen molar-refractivity contribution in [3.63, 3.8) is 0 Å². The maximum Gasteiger partial charge on any atom is 0.237 e. The molecular weight excluding hydrogens is 320 g/mol. The summed E-state index contributed by atoms with van der Waals surface area (Å²) in [6.07, 6.45) is 0. The van der Waals surface area contributed by atoms with Crippen LogP contribution in [0.2, 0.25) is 0 Å². The Morgan fingerprint density at radius 2 is 1.38 bits per heavy atom. The summed E-state index contributed by atoms with van der Waals surface area (Å²) >= 11 is 0. The number of rotatable bonds is 5. The van der Waals surface area contributed by atoms with Crippen molar-refractivity contribution in [3.05, 3.63) is 71.8 Å². The first kappa shape index (κ1) is 20.2. The molecule has 0 aliphatic rings. The molecule has 1 atom stereocenters. The van der Waals surface area contributed by atoms with Crippen LogP contribution in [-0.2, 0) is 4.79 Å². The van der Waals surface area contributed by atoms with Gasteiger partial charge in [0.15, 0.2) is 0 Å². The van der Waals surface area contributed by atoms with E-state index in [1.165, 1.54) is 11.1 Å². The standard InChI is InChI=1S/C20H26N2O.ClH/c1-20(2,3)18(21)19(23)22-14-17(15-10-6-4-7-11-15)16-12-8-5-9-13-16;/h4-13,17-18H,14,21H2,1-3H3,(H,22,23);1H/t18-;/m1./s1. The second-order valence-corrected chi connectivity index (χ2v) is 6.96. The molecule has 0 saturated carbocycles. The lowest BCUT2D eigenvalue weighted by Crippen LogP contribution is -2.49. The predicted molar refractivity (Wildman–Crippen MR) is 102 cm³/mol. The molecule has 2 rings (SSSR count). The zero-order valence-corrected chi connectivity index (χ0v) is 15.3. The average molecular weight is 347 g/mol. The van der Waals surface area contributed by atoms with Gasteiger partial charge in [-0.25, -0.2) is 0 Å². The van der Waals surface area contributed by atoms with Crippen LogP contribution in [0.3, 0.4) is 0 Å². The molecule has 0 aliphatic carbocycles. The summed E-state index contributed by atoms with van der Waals surface area (Å²) in [6, 6.07) is 19.9. The second-order valence-electron chi connectivity index (χ2n) is 6.96. The summed E-state index contributed by atoms with van der Waals surface area (Å²) in [4.78, 5) is 12.3. The number of amides is 1. The van der Waals surface area contributed by atoms with E-state index in [9.17, 15) is 4.79 Å². The lowest BCUT2D eigenvalue weighted by molar-refractivity contribution is -0.124. The first-order valence-corrected chi connectivity index (χ1v) is 8.03. The Morgan fingerprint density at radius 3 is 1.75 bits per heavy atom. The minimum absolute atomic E-state index is 0. The number of nitrogens with one attached hydrogen (secondary N) is 1. The highest BCUT2D eigenvalue weighted by Gasteiger charge is 2.28. The van der Waals surface area contributed by atoms with E-state index >= 15 is 0 Å². The molecule has 0 aromatic heterocycles. The third-order valence-corrected chi connectivity index (χ3v) is 4.10. The van der Waals surface area contributed by atoms with Crippen molar-refractivity contribution in [2.75, 3.05) is 6.54 Å². The van der Waals surface area contributed by atoms with Crippen molar-refractivity contribution in [2.45, 2.75) is 32.7 Å². The monoisotopic (exact) mass is 346 g/mol. The number of hydrogen-bond donors (Lipinski definition) is 2. The molecule has 24 heavy (non-hydrogen) atoms. The SMILES string of the molecule is CC(C)(C)[C@H](N)C(=O)NCC(c1ccccc1)c1ccccc1.Cl. The van der Waals surface area contributed by atoms with Crippen LogP contribution in [0.25, 0.3) is 0 Å². The maximum absolute atomic E-state index is 12.3. The molecule has 0 radical (unpaired) electrons. The minimum atomic E-state index is -0.519. The summed E-state index contributed by atoms with van der Waals surface area (Å²) in [5, 5.41) is 3.02. The van der Waals surface area contributed by atoms with E-state index in [-0.39, 0.29) is 29.6 Å². The van der Waals surface area contributed by atoms with Crippen molar-refractivity contribution in [2.24, 2.45) is 11.1 Å². The minimum Gasteiger partial charge on any atom is -0.354 e. The first-order valence-electron chi connectivity index (χ1n) is 8.03. The zero-order valence-electron chi connectivity index (χ0n) is 14.5. The Kier molecular flexibility index (Phi) is 7.46. The van der Waals surface area contributed by atoms with E-state index in [0.29, 0.717) is 6.54 Å². The largest absolute Gasteiger partial charge is 0.354 e. The number of benzene rings is 2. The Bertz CT molecular complexity index is 584. The smallest absolute Gasteiger partial charge is 0.237 e. The van der Waals surface area contributed by atoms with Crippen LogP contribution in [0.5, 0.6) is 0 Å². The molecular formula is C20H27ClN2O. The number of nitrogens with two attached hydrogens (primary N) is 1. The number of hydrogen-bond acceptors (Lipinski definition) is 2.